The fourth-order valence-corrected chi connectivity index (χ4v) is 2.85. The molecule has 1 fully saturated rings. The molecule has 1 saturated carbocycles. The summed E-state index contributed by atoms with van der Waals surface area (Å²) in [4.78, 5) is 12.0. The topological polar surface area (TPSA) is 49.3 Å². The lowest BCUT2D eigenvalue weighted by atomic mass is 10.0. The van der Waals surface area contributed by atoms with E-state index < -0.39 is 23.2 Å². The number of nitrogens with one attached hydrogen (secondary N) is 1. The van der Waals surface area contributed by atoms with Crippen molar-refractivity contribution < 1.29 is 23.1 Å². The monoisotopic (exact) mass is 365 g/mol. The molecule has 7 heteroatoms. The third kappa shape index (κ3) is 3.97. The summed E-state index contributed by atoms with van der Waals surface area (Å²) in [7, 11) is 0. The van der Waals surface area contributed by atoms with Gasteiger partial charge >= 0.3 is 6.18 Å². The molecule has 1 aromatic carbocycles. The molecule has 0 aliphatic heterocycles. The summed E-state index contributed by atoms with van der Waals surface area (Å²) < 4.78 is 38.3. The maximum absolute atomic E-state index is 12.7. The normalized spacial score (nSPS) is 17.8. The van der Waals surface area contributed by atoms with Crippen molar-refractivity contribution in [2.45, 2.75) is 37.5 Å². The van der Waals surface area contributed by atoms with Gasteiger partial charge in [-0.1, -0.05) is 12.8 Å². The second kappa shape index (κ2) is 5.96. The molecule has 21 heavy (non-hydrogen) atoms. The Kier molecular flexibility index (Phi) is 4.63. The summed E-state index contributed by atoms with van der Waals surface area (Å²) >= 11 is 3.07. The number of hydrogen-bond acceptors (Lipinski definition) is 2. The number of amides is 1. The van der Waals surface area contributed by atoms with Crippen molar-refractivity contribution >= 4 is 21.8 Å². The Bertz CT molecular complexity index is 540. The van der Waals surface area contributed by atoms with Crippen LogP contribution >= 0.6 is 15.9 Å². The van der Waals surface area contributed by atoms with Crippen molar-refractivity contribution in [3.8, 4) is 0 Å². The number of benzene rings is 1. The molecule has 0 bridgehead atoms. The van der Waals surface area contributed by atoms with Gasteiger partial charge in [0.2, 0.25) is 0 Å². The molecule has 1 aliphatic carbocycles. The van der Waals surface area contributed by atoms with E-state index in [1.807, 2.05) is 0 Å². The van der Waals surface area contributed by atoms with Crippen LogP contribution in [0.1, 0.15) is 41.6 Å². The van der Waals surface area contributed by atoms with Gasteiger partial charge in [-0.3, -0.25) is 4.79 Å². The number of alkyl halides is 3. The van der Waals surface area contributed by atoms with E-state index in [0.29, 0.717) is 12.8 Å². The first-order valence-corrected chi connectivity index (χ1v) is 7.38. The molecule has 0 aromatic heterocycles. The zero-order valence-electron chi connectivity index (χ0n) is 11.1. The van der Waals surface area contributed by atoms with Crippen LogP contribution in [0.2, 0.25) is 0 Å². The first-order valence-electron chi connectivity index (χ1n) is 6.59. The number of carbonyl (C=O) groups is 1. The lowest BCUT2D eigenvalue weighted by Gasteiger charge is -2.22. The first kappa shape index (κ1) is 16.3. The highest BCUT2D eigenvalue weighted by Gasteiger charge is 2.33. The van der Waals surface area contributed by atoms with E-state index in [4.69, 9.17) is 0 Å². The number of halogens is 4. The van der Waals surface area contributed by atoms with Gasteiger partial charge in [-0.05, 0) is 47.0 Å². The molecule has 1 amide bonds. The highest BCUT2D eigenvalue weighted by Crippen LogP contribution is 2.32. The van der Waals surface area contributed by atoms with Crippen molar-refractivity contribution in [3.05, 3.63) is 33.8 Å². The van der Waals surface area contributed by atoms with Crippen molar-refractivity contribution in [1.82, 2.24) is 5.32 Å². The molecule has 0 spiro atoms. The predicted octanol–water partition coefficient (Wildman–Crippen LogP) is 3.50. The van der Waals surface area contributed by atoms with E-state index in [9.17, 15) is 23.1 Å². The largest absolute Gasteiger partial charge is 0.416 e. The number of aliphatic hydroxyl groups is 1. The van der Waals surface area contributed by atoms with Gasteiger partial charge in [-0.25, -0.2) is 0 Å². The van der Waals surface area contributed by atoms with Crippen molar-refractivity contribution in [1.29, 1.82) is 0 Å². The highest BCUT2D eigenvalue weighted by molar-refractivity contribution is 9.10. The fourth-order valence-electron chi connectivity index (χ4n) is 2.43. The standard InChI is InChI=1S/C14H15BrF3NO2/c15-11-4-3-9(14(16,17)18)7-10(11)12(20)19-8-13(21)5-1-2-6-13/h3-4,7,21H,1-2,5-6,8H2,(H,19,20). The van der Waals surface area contributed by atoms with Crippen LogP contribution < -0.4 is 5.32 Å². The molecule has 0 unspecified atom stereocenters. The SMILES string of the molecule is O=C(NCC1(O)CCCC1)c1cc(C(F)(F)F)ccc1Br. The molecule has 0 atom stereocenters. The molecule has 2 N–H and O–H groups in total. The Morgan fingerprint density at radius 2 is 1.95 bits per heavy atom. The van der Waals surface area contributed by atoms with Crippen LogP contribution in [0, 0.1) is 0 Å². The molecule has 1 aliphatic rings. The number of carbonyl (C=O) groups excluding carboxylic acids is 1. The molecular formula is C14H15BrF3NO2. The Labute approximate surface area is 128 Å². The summed E-state index contributed by atoms with van der Waals surface area (Å²) in [5, 5.41) is 12.6. The van der Waals surface area contributed by atoms with Crippen molar-refractivity contribution in [3.63, 3.8) is 0 Å². The smallest absolute Gasteiger partial charge is 0.388 e. The molecule has 0 radical (unpaired) electrons. The summed E-state index contributed by atoms with van der Waals surface area (Å²) in [6, 6.07) is 2.91. The predicted molar refractivity (Wildman–Crippen MR) is 74.9 cm³/mol. The van der Waals surface area contributed by atoms with Gasteiger partial charge in [-0.15, -0.1) is 0 Å². The maximum Gasteiger partial charge on any atom is 0.416 e. The Morgan fingerprint density at radius 3 is 2.52 bits per heavy atom. The summed E-state index contributed by atoms with van der Waals surface area (Å²) in [6.45, 7) is 0.0501. The molecule has 0 saturated heterocycles. The summed E-state index contributed by atoms with van der Waals surface area (Å²) in [5.74, 6) is -0.631. The van der Waals surface area contributed by atoms with Crippen molar-refractivity contribution in [2.75, 3.05) is 6.54 Å². The van der Waals surface area contributed by atoms with E-state index in [0.717, 1.165) is 25.0 Å². The van der Waals surface area contributed by atoms with Gasteiger partial charge in [0.15, 0.2) is 0 Å². The lowest BCUT2D eigenvalue weighted by molar-refractivity contribution is -0.137. The van der Waals surface area contributed by atoms with E-state index in [1.54, 1.807) is 0 Å². The second-order valence-electron chi connectivity index (χ2n) is 5.31. The Morgan fingerprint density at radius 1 is 1.33 bits per heavy atom. The van der Waals surface area contributed by atoms with E-state index in [-0.39, 0.29) is 16.6 Å². The number of hydrogen-bond donors (Lipinski definition) is 2. The van der Waals surface area contributed by atoms with Gasteiger partial charge in [0.25, 0.3) is 5.91 Å². The van der Waals surface area contributed by atoms with Gasteiger partial charge in [0, 0.05) is 11.0 Å². The Hall–Kier alpha value is -1.08. The van der Waals surface area contributed by atoms with Crippen molar-refractivity contribution in [2.24, 2.45) is 0 Å². The van der Waals surface area contributed by atoms with Crippen LogP contribution in [-0.4, -0.2) is 23.2 Å². The minimum Gasteiger partial charge on any atom is -0.388 e. The van der Waals surface area contributed by atoms with E-state index in [2.05, 4.69) is 21.2 Å². The van der Waals surface area contributed by atoms with Crippen LogP contribution in [0.5, 0.6) is 0 Å². The third-order valence-electron chi connectivity index (χ3n) is 3.65. The van der Waals surface area contributed by atoms with Crippen LogP contribution in [0.15, 0.2) is 22.7 Å². The van der Waals surface area contributed by atoms with Gasteiger partial charge in [0.1, 0.15) is 0 Å². The van der Waals surface area contributed by atoms with Crippen LogP contribution in [0.3, 0.4) is 0 Å². The first-order chi connectivity index (χ1) is 9.71. The third-order valence-corrected chi connectivity index (χ3v) is 4.34. The summed E-state index contributed by atoms with van der Waals surface area (Å²) in [6.07, 6.45) is -1.54. The fraction of sp³-hybridized carbons (Fsp3) is 0.500. The molecule has 2 rings (SSSR count). The molecule has 116 valence electrons. The van der Waals surface area contributed by atoms with Gasteiger partial charge in [-0.2, -0.15) is 13.2 Å². The second-order valence-corrected chi connectivity index (χ2v) is 6.16. The molecular weight excluding hydrogens is 351 g/mol. The van der Waals surface area contributed by atoms with Crippen LogP contribution in [0.25, 0.3) is 0 Å². The highest BCUT2D eigenvalue weighted by atomic mass is 79.9. The van der Waals surface area contributed by atoms with Gasteiger partial charge < -0.3 is 10.4 Å². The number of rotatable bonds is 3. The average molecular weight is 366 g/mol. The van der Waals surface area contributed by atoms with E-state index >= 15 is 0 Å². The zero-order chi connectivity index (χ0) is 15.7. The minimum atomic E-state index is -4.50. The summed E-state index contributed by atoms with van der Waals surface area (Å²) in [5.41, 5.74) is -1.91. The average Bonchev–Trinajstić information content (AvgIpc) is 2.83. The zero-order valence-corrected chi connectivity index (χ0v) is 12.7. The van der Waals surface area contributed by atoms with E-state index in [1.165, 1.54) is 6.07 Å². The van der Waals surface area contributed by atoms with Crippen LogP contribution in [0.4, 0.5) is 13.2 Å². The van der Waals surface area contributed by atoms with Gasteiger partial charge in [0.05, 0.1) is 16.7 Å². The quantitative estimate of drug-likeness (QED) is 0.860. The molecule has 3 nitrogen and oxygen atoms in total. The molecule has 1 aromatic rings. The molecule has 0 heterocycles. The Balaban J connectivity index is 2.11. The van der Waals surface area contributed by atoms with Crippen LogP contribution in [-0.2, 0) is 6.18 Å². The maximum atomic E-state index is 12.7. The minimum absolute atomic E-state index is 0.0501. The lowest BCUT2D eigenvalue weighted by Crippen LogP contribution is -2.40.